The van der Waals surface area contributed by atoms with Crippen LogP contribution in [0.5, 0.6) is 0 Å². The highest BCUT2D eigenvalue weighted by atomic mass is 32.1. The van der Waals surface area contributed by atoms with Crippen LogP contribution in [0.3, 0.4) is 0 Å². The third-order valence-electron chi connectivity index (χ3n) is 5.29. The van der Waals surface area contributed by atoms with Crippen LogP contribution in [0.4, 0.5) is 25.3 Å². The van der Waals surface area contributed by atoms with E-state index in [1.807, 2.05) is 0 Å². The Kier molecular flexibility index (Phi) is 6.35. The number of piperazine rings is 1. The second-order valence-corrected chi connectivity index (χ2v) is 8.37. The van der Waals surface area contributed by atoms with Crippen molar-refractivity contribution in [2.45, 2.75) is 0 Å². The average Bonchev–Trinajstić information content (AvgIpc) is 3.31. The Bertz CT molecular complexity index is 1110. The van der Waals surface area contributed by atoms with E-state index in [2.05, 4.69) is 25.2 Å². The number of β-amino-alcohol motifs (C(OH)–C–C–N with tert-alkyl or cyclic N) is 1. The third kappa shape index (κ3) is 4.29. The summed E-state index contributed by atoms with van der Waals surface area (Å²) in [5.41, 5.74) is 6.03. The number of aliphatic hydroxyl groups is 1. The molecule has 32 heavy (non-hydrogen) atoms. The Morgan fingerprint density at radius 3 is 2.59 bits per heavy atom. The van der Waals surface area contributed by atoms with Crippen LogP contribution in [0.15, 0.2) is 24.4 Å². The molecule has 4 N–H and O–H groups in total. The number of nitrogen functional groups attached to an aromatic ring is 1. The second-order valence-electron chi connectivity index (χ2n) is 7.34. The van der Waals surface area contributed by atoms with Crippen molar-refractivity contribution in [3.05, 3.63) is 41.7 Å². The largest absolute Gasteiger partial charge is 0.395 e. The number of nitrogens with one attached hydrogen (secondary N) is 1. The number of hydrogen-bond donors (Lipinski definition) is 3. The Morgan fingerprint density at radius 2 is 1.94 bits per heavy atom. The van der Waals surface area contributed by atoms with Gasteiger partial charge in [0.1, 0.15) is 27.3 Å². The Balaban J connectivity index is 1.54. The van der Waals surface area contributed by atoms with Crippen LogP contribution in [0.1, 0.15) is 10.5 Å². The first kappa shape index (κ1) is 22.1. The molecule has 12 heteroatoms. The molecule has 0 unspecified atom stereocenters. The molecule has 9 nitrogen and oxygen atoms in total. The van der Waals surface area contributed by atoms with Gasteiger partial charge in [0.15, 0.2) is 11.5 Å². The normalized spacial score (nSPS) is 14.7. The topological polar surface area (TPSA) is 113 Å². The van der Waals surface area contributed by atoms with Gasteiger partial charge in [0.2, 0.25) is 0 Å². The number of amides is 1. The number of hydrogen-bond acceptors (Lipinski definition) is 8. The fourth-order valence-electron chi connectivity index (χ4n) is 3.70. The SMILES string of the molecule is Cn1ncc(NC(=O)c2nc(-c3c(F)cccc3F)sc2N)c1N1CCN(CCO)CC1. The number of aryl methyl sites for hydroxylation is 1. The maximum absolute atomic E-state index is 14.1. The molecule has 0 saturated carbocycles. The van der Waals surface area contributed by atoms with Gasteiger partial charge in [-0.15, -0.1) is 0 Å². The van der Waals surface area contributed by atoms with E-state index in [4.69, 9.17) is 10.8 Å². The highest BCUT2D eigenvalue weighted by Crippen LogP contribution is 2.34. The molecule has 0 radical (unpaired) electrons. The lowest BCUT2D eigenvalue weighted by molar-refractivity contribution is 0.102. The fourth-order valence-corrected chi connectivity index (χ4v) is 4.58. The molecule has 1 amide bonds. The van der Waals surface area contributed by atoms with Crippen molar-refractivity contribution in [2.75, 3.05) is 55.3 Å². The molecular weight excluding hydrogens is 440 g/mol. The highest BCUT2D eigenvalue weighted by molar-refractivity contribution is 7.19. The maximum atomic E-state index is 14.1. The van der Waals surface area contributed by atoms with Crippen molar-refractivity contribution in [1.82, 2.24) is 19.7 Å². The van der Waals surface area contributed by atoms with E-state index in [0.29, 0.717) is 25.3 Å². The average molecular weight is 464 g/mol. The maximum Gasteiger partial charge on any atom is 0.277 e. The zero-order chi connectivity index (χ0) is 22.8. The van der Waals surface area contributed by atoms with Crippen LogP contribution in [0.25, 0.3) is 10.6 Å². The molecule has 0 atom stereocenters. The number of thiazole rings is 1. The van der Waals surface area contributed by atoms with Gasteiger partial charge in [-0.25, -0.2) is 13.8 Å². The highest BCUT2D eigenvalue weighted by Gasteiger charge is 2.25. The molecule has 170 valence electrons. The van der Waals surface area contributed by atoms with Crippen molar-refractivity contribution in [1.29, 1.82) is 0 Å². The lowest BCUT2D eigenvalue weighted by atomic mass is 10.2. The number of nitrogens with two attached hydrogens (primary N) is 1. The van der Waals surface area contributed by atoms with Crippen LogP contribution in [-0.4, -0.2) is 70.0 Å². The second kappa shape index (κ2) is 9.18. The first-order chi connectivity index (χ1) is 15.4. The number of halogens is 2. The summed E-state index contributed by atoms with van der Waals surface area (Å²) in [5, 5.41) is 16.2. The number of rotatable bonds is 6. The molecule has 4 rings (SSSR count). The van der Waals surface area contributed by atoms with Crippen LogP contribution >= 0.6 is 11.3 Å². The number of anilines is 3. The lowest BCUT2D eigenvalue weighted by Gasteiger charge is -2.35. The molecule has 3 heterocycles. The standard InChI is InChI=1S/C20H23F2N7O2S/c1-27-20(29-7-5-28(6-8-29)9-10-30)14(11-24-27)25-18(31)16-17(23)32-19(26-16)15-12(21)3-2-4-13(15)22/h2-4,11,30H,5-10,23H2,1H3,(H,25,31). The number of carbonyl (C=O) groups is 1. The summed E-state index contributed by atoms with van der Waals surface area (Å²) in [6.07, 6.45) is 1.54. The Morgan fingerprint density at radius 1 is 1.25 bits per heavy atom. The minimum absolute atomic E-state index is 0.00494. The molecule has 1 fully saturated rings. The zero-order valence-corrected chi connectivity index (χ0v) is 18.2. The van der Waals surface area contributed by atoms with Gasteiger partial charge in [-0.3, -0.25) is 14.4 Å². The van der Waals surface area contributed by atoms with E-state index < -0.39 is 17.5 Å². The molecule has 0 bridgehead atoms. The van der Waals surface area contributed by atoms with E-state index in [1.165, 1.54) is 12.3 Å². The predicted molar refractivity (Wildman–Crippen MR) is 119 cm³/mol. The van der Waals surface area contributed by atoms with Crippen LogP contribution < -0.4 is 16.0 Å². The van der Waals surface area contributed by atoms with Gasteiger partial charge < -0.3 is 21.1 Å². The first-order valence-corrected chi connectivity index (χ1v) is 10.8. The van der Waals surface area contributed by atoms with Gasteiger partial charge in [-0.05, 0) is 12.1 Å². The summed E-state index contributed by atoms with van der Waals surface area (Å²) in [6.45, 7) is 3.69. The predicted octanol–water partition coefficient (Wildman–Crippen LogP) is 1.77. The van der Waals surface area contributed by atoms with Crippen molar-refractivity contribution in [3.63, 3.8) is 0 Å². The number of aromatic nitrogens is 3. The fraction of sp³-hybridized carbons (Fsp3) is 0.350. The number of nitrogens with zero attached hydrogens (tertiary/aromatic N) is 5. The smallest absolute Gasteiger partial charge is 0.277 e. The molecule has 1 saturated heterocycles. The van der Waals surface area contributed by atoms with Crippen molar-refractivity contribution in [3.8, 4) is 10.6 Å². The molecule has 3 aromatic rings. The Hall–Kier alpha value is -3.09. The van der Waals surface area contributed by atoms with Crippen LogP contribution in [0.2, 0.25) is 0 Å². The molecule has 0 spiro atoms. The van der Waals surface area contributed by atoms with Gasteiger partial charge in [-0.2, -0.15) is 5.10 Å². The molecule has 0 aliphatic carbocycles. The molecule has 1 aromatic carbocycles. The Labute approximate surface area is 187 Å². The molecule has 1 aliphatic rings. The van der Waals surface area contributed by atoms with Crippen LogP contribution in [-0.2, 0) is 7.05 Å². The van der Waals surface area contributed by atoms with Gasteiger partial charge in [0.25, 0.3) is 5.91 Å². The van der Waals surface area contributed by atoms with Gasteiger partial charge >= 0.3 is 0 Å². The van der Waals surface area contributed by atoms with E-state index >= 15 is 0 Å². The van der Waals surface area contributed by atoms with Crippen molar-refractivity contribution < 1.29 is 18.7 Å². The monoisotopic (exact) mass is 463 g/mol. The van der Waals surface area contributed by atoms with Gasteiger partial charge in [0.05, 0.1) is 18.4 Å². The third-order valence-corrected chi connectivity index (χ3v) is 6.19. The summed E-state index contributed by atoms with van der Waals surface area (Å²) >= 11 is 0.846. The van der Waals surface area contributed by atoms with Gasteiger partial charge in [0, 0.05) is 39.8 Å². The van der Waals surface area contributed by atoms with E-state index in [-0.39, 0.29) is 27.9 Å². The minimum Gasteiger partial charge on any atom is -0.395 e. The van der Waals surface area contributed by atoms with E-state index in [1.54, 1.807) is 11.7 Å². The van der Waals surface area contributed by atoms with E-state index in [9.17, 15) is 13.6 Å². The summed E-state index contributed by atoms with van der Waals surface area (Å²) in [5.74, 6) is -1.41. The van der Waals surface area contributed by atoms with Crippen molar-refractivity contribution >= 4 is 33.8 Å². The van der Waals surface area contributed by atoms with E-state index in [0.717, 1.165) is 42.4 Å². The summed E-state index contributed by atoms with van der Waals surface area (Å²) < 4.78 is 29.9. The molecular formula is C20H23F2N7O2S. The van der Waals surface area contributed by atoms with Gasteiger partial charge in [-0.1, -0.05) is 17.4 Å². The number of aliphatic hydroxyl groups excluding tert-OH is 1. The molecule has 1 aliphatic heterocycles. The summed E-state index contributed by atoms with van der Waals surface area (Å²) in [7, 11) is 1.78. The number of carbonyl (C=O) groups excluding carboxylic acids is 1. The number of benzene rings is 1. The van der Waals surface area contributed by atoms with Crippen LogP contribution in [0, 0.1) is 11.6 Å². The zero-order valence-electron chi connectivity index (χ0n) is 17.4. The minimum atomic E-state index is -0.777. The first-order valence-electron chi connectivity index (χ1n) is 10.0. The lowest BCUT2D eigenvalue weighted by Crippen LogP contribution is -2.48. The van der Waals surface area contributed by atoms with Crippen molar-refractivity contribution in [2.24, 2.45) is 7.05 Å². The summed E-state index contributed by atoms with van der Waals surface area (Å²) in [4.78, 5) is 21.3. The molecule has 2 aromatic heterocycles. The summed E-state index contributed by atoms with van der Waals surface area (Å²) in [6, 6.07) is 3.50. The quantitative estimate of drug-likeness (QED) is 0.511.